The van der Waals surface area contributed by atoms with Crippen molar-refractivity contribution in [2.45, 2.75) is 41.0 Å². The molecule has 0 unspecified atom stereocenters. The van der Waals surface area contributed by atoms with Gasteiger partial charge in [-0.25, -0.2) is 0 Å². The van der Waals surface area contributed by atoms with E-state index in [1.54, 1.807) is 0 Å². The molecule has 0 atom stereocenters. The van der Waals surface area contributed by atoms with Crippen LogP contribution in [0.25, 0.3) is 0 Å². The van der Waals surface area contributed by atoms with E-state index in [-0.39, 0.29) is 63.2 Å². The van der Waals surface area contributed by atoms with Crippen LogP contribution < -0.4 is 0 Å². The first-order valence-electron chi connectivity index (χ1n) is 5.42. The molecule has 108 valence electrons. The van der Waals surface area contributed by atoms with E-state index in [4.69, 9.17) is 6.58 Å². The van der Waals surface area contributed by atoms with Crippen molar-refractivity contribution >= 4 is 8.30 Å². The van der Waals surface area contributed by atoms with Crippen LogP contribution in [0.2, 0.25) is 0 Å². The van der Waals surface area contributed by atoms with Crippen molar-refractivity contribution in [2.24, 2.45) is 11.3 Å². The Bertz CT molecular complexity index is 321. The second-order valence-corrected chi connectivity index (χ2v) is 7.69. The van der Waals surface area contributed by atoms with Gasteiger partial charge in [0.2, 0.25) is 0 Å². The predicted octanol–water partition coefficient (Wildman–Crippen LogP) is 3.30. The molecule has 0 radical (unpaired) electrons. The summed E-state index contributed by atoms with van der Waals surface area (Å²) >= 11 is 2.94. The van der Waals surface area contributed by atoms with Gasteiger partial charge in [-0.1, -0.05) is 0 Å². The van der Waals surface area contributed by atoms with E-state index in [2.05, 4.69) is 45.1 Å². The minimum absolute atomic E-state index is 0. The van der Waals surface area contributed by atoms with Gasteiger partial charge in [0.25, 0.3) is 0 Å². The molecule has 0 heterocycles. The van der Waals surface area contributed by atoms with Gasteiger partial charge in [-0.05, 0) is 0 Å². The molecule has 0 bridgehead atoms. The van der Waals surface area contributed by atoms with Crippen LogP contribution in [0.5, 0.6) is 0 Å². The van der Waals surface area contributed by atoms with E-state index in [9.17, 15) is 0 Å². The summed E-state index contributed by atoms with van der Waals surface area (Å²) in [4.78, 5) is 0. The van der Waals surface area contributed by atoms with Gasteiger partial charge in [-0.3, -0.25) is 0 Å². The number of hydrogen-bond donors (Lipinski definition) is 0. The van der Waals surface area contributed by atoms with E-state index in [0.29, 0.717) is 11.3 Å². The normalized spacial score (nSPS) is 13.3. The molecule has 1 aliphatic rings. The standard InChI is InChI=1S/C10H13.C4H7.5W/c1-8-5-6-9(7-8)10(2,3)4;1-4(2)3;;;;;/h1,6H,7H2,2-4H3;4H,1-2H3;;;;;/q2*-1;;;;;. The molecule has 1 rings (SSSR count). The van der Waals surface area contributed by atoms with Gasteiger partial charge in [-0.2, -0.15) is 0 Å². The molecule has 5 heteroatoms. The number of rotatable bonds is 1. The fourth-order valence-electron chi connectivity index (χ4n) is 1.08. The predicted molar refractivity (Wildman–Crippen MR) is 64.8 cm³/mol. The van der Waals surface area contributed by atoms with Crippen molar-refractivity contribution in [3.8, 4) is 0 Å². The van der Waals surface area contributed by atoms with Crippen LogP contribution in [-0.2, 0) is 102 Å². The second kappa shape index (κ2) is 14.3. The van der Waals surface area contributed by atoms with Crippen molar-refractivity contribution in [1.29, 1.82) is 0 Å². The van der Waals surface area contributed by atoms with Crippen LogP contribution in [0.1, 0.15) is 41.0 Å². The van der Waals surface area contributed by atoms with E-state index < -0.39 is 0 Å². The Morgan fingerprint density at radius 2 is 1.58 bits per heavy atom. The number of hydrogen-bond acceptors (Lipinski definition) is 0. The van der Waals surface area contributed by atoms with Crippen molar-refractivity contribution in [3.63, 3.8) is 0 Å². The monoisotopic (exact) mass is 1110 g/mol. The second-order valence-electron chi connectivity index (χ2n) is 5.26. The first-order chi connectivity index (χ1) is 7.18. The molecule has 0 saturated heterocycles. The third-order valence-corrected chi connectivity index (χ3v) is 5.26. The topological polar surface area (TPSA) is 0 Å². The van der Waals surface area contributed by atoms with Gasteiger partial charge < -0.3 is 0 Å². The zero-order valence-electron chi connectivity index (χ0n) is 12.0. The molecule has 0 aromatic carbocycles. The van der Waals surface area contributed by atoms with Gasteiger partial charge in [0.1, 0.15) is 0 Å². The Kier molecular flexibility index (Phi) is 22.3. The molecular formula is C14H20W5-2. The SMILES string of the molecule is CC(C)[C-]=[W].[CH-]=C1CC(C(C)(C)C)=C[C]1=[W].[W].[W].[W]. The summed E-state index contributed by atoms with van der Waals surface area (Å²) in [5, 5.41) is 0. The van der Waals surface area contributed by atoms with Crippen LogP contribution in [0.3, 0.4) is 0 Å². The fourth-order valence-corrected chi connectivity index (χ4v) is 1.85. The molecule has 19 heavy (non-hydrogen) atoms. The molecule has 0 aromatic rings. The summed E-state index contributed by atoms with van der Waals surface area (Å²) in [6, 6.07) is 0. The largest absolute Gasteiger partial charge is 0 e. The first-order valence-corrected chi connectivity index (χ1v) is 8.36. The smallest absolute Gasteiger partial charge is 0 e. The van der Waals surface area contributed by atoms with Gasteiger partial charge in [0.15, 0.2) is 0 Å². The van der Waals surface area contributed by atoms with E-state index in [1.807, 2.05) is 0 Å². The van der Waals surface area contributed by atoms with E-state index >= 15 is 0 Å². The summed E-state index contributed by atoms with van der Waals surface area (Å²) in [6.07, 6.45) is 3.24. The van der Waals surface area contributed by atoms with Crippen molar-refractivity contribution in [2.75, 3.05) is 0 Å². The molecule has 0 amide bonds. The maximum absolute atomic E-state index is 5.81. The zero-order valence-corrected chi connectivity index (χ0v) is 26.6. The summed E-state index contributed by atoms with van der Waals surface area (Å²) < 4.78 is 4.44. The fraction of sp³-hybridized carbons (Fsp3) is 0.571. The van der Waals surface area contributed by atoms with Gasteiger partial charge >= 0.3 is 123 Å². The molecule has 0 nitrogen and oxygen atoms in total. The van der Waals surface area contributed by atoms with E-state index in [1.165, 1.54) is 48.2 Å². The Labute approximate surface area is 184 Å². The van der Waals surface area contributed by atoms with Gasteiger partial charge in [0, 0.05) is 63.2 Å². The third-order valence-electron chi connectivity index (χ3n) is 2.20. The number of allylic oxidation sites excluding steroid dienone is 3. The Hall–Kier alpha value is 2.66. The Balaban J connectivity index is -0.000000125. The average molecular weight is 1110 g/mol. The molecule has 0 aromatic heterocycles. The van der Waals surface area contributed by atoms with Crippen LogP contribution in [-0.4, -0.2) is 8.30 Å². The van der Waals surface area contributed by atoms with Gasteiger partial charge in [0.05, 0.1) is 0 Å². The summed E-state index contributed by atoms with van der Waals surface area (Å²) in [5.74, 6) is 0.671. The maximum atomic E-state index is 5.81. The Morgan fingerprint density at radius 3 is 1.68 bits per heavy atom. The zero-order chi connectivity index (χ0) is 12.9. The minimum Gasteiger partial charge on any atom is 0 e. The quantitative estimate of drug-likeness (QED) is 0.355. The summed E-state index contributed by atoms with van der Waals surface area (Å²) in [7, 11) is 0. The third kappa shape index (κ3) is 14.0. The molecule has 0 saturated carbocycles. The first kappa shape index (κ1) is 29.6. The van der Waals surface area contributed by atoms with Crippen molar-refractivity contribution in [1.82, 2.24) is 0 Å². The van der Waals surface area contributed by atoms with Crippen LogP contribution in [0.4, 0.5) is 0 Å². The minimum atomic E-state index is 0. The molecule has 0 N–H and O–H groups in total. The molecule has 0 fully saturated rings. The van der Waals surface area contributed by atoms with Crippen molar-refractivity contribution < 1.29 is 102 Å². The molecule has 0 aliphatic heterocycles. The molecular weight excluding hydrogens is 1090 g/mol. The van der Waals surface area contributed by atoms with E-state index in [0.717, 1.165) is 12.0 Å². The maximum Gasteiger partial charge on any atom is 0 e. The molecule has 0 spiro atoms. The average Bonchev–Trinajstić information content (AvgIpc) is 2.47. The van der Waals surface area contributed by atoms with Crippen molar-refractivity contribution in [3.05, 3.63) is 23.8 Å². The summed E-state index contributed by atoms with van der Waals surface area (Å²) in [6.45, 7) is 16.8. The van der Waals surface area contributed by atoms with Gasteiger partial charge in [-0.15, -0.1) is 0 Å². The van der Waals surface area contributed by atoms with Crippen LogP contribution >= 0.6 is 0 Å². The van der Waals surface area contributed by atoms with Crippen LogP contribution in [0.15, 0.2) is 17.2 Å². The van der Waals surface area contributed by atoms with Crippen LogP contribution in [0, 0.1) is 17.9 Å². The summed E-state index contributed by atoms with van der Waals surface area (Å²) in [5.41, 5.74) is 2.84. The Morgan fingerprint density at radius 1 is 1.21 bits per heavy atom. The molecule has 1 aliphatic carbocycles.